The Labute approximate surface area is 97.2 Å². The molecule has 0 aromatic carbocycles. The molecule has 0 amide bonds. The van der Waals surface area contributed by atoms with Crippen LogP contribution in [0.15, 0.2) is 0 Å². The van der Waals surface area contributed by atoms with Crippen LogP contribution in [0.4, 0.5) is 0 Å². The summed E-state index contributed by atoms with van der Waals surface area (Å²) in [6, 6.07) is 0.727. The summed E-state index contributed by atoms with van der Waals surface area (Å²) in [5.41, 5.74) is 0. The van der Waals surface area contributed by atoms with Crippen LogP contribution in [-0.2, 0) is 0 Å². The van der Waals surface area contributed by atoms with E-state index in [4.69, 9.17) is 0 Å². The van der Waals surface area contributed by atoms with Gasteiger partial charge in [-0.2, -0.15) is 11.8 Å². The van der Waals surface area contributed by atoms with Crippen LogP contribution in [0.1, 0.15) is 32.6 Å². The molecule has 0 aromatic rings. The number of nitrogens with one attached hydrogen (secondary N) is 1. The zero-order valence-corrected chi connectivity index (χ0v) is 10.4. The van der Waals surface area contributed by atoms with E-state index in [1.165, 1.54) is 31.4 Å². The molecular weight excluding hydrogens is 206 g/mol. The summed E-state index contributed by atoms with van der Waals surface area (Å²) in [6.07, 6.45) is 5.18. The van der Waals surface area contributed by atoms with Crippen LogP contribution >= 0.6 is 11.8 Å². The van der Waals surface area contributed by atoms with Crippen LogP contribution in [0.25, 0.3) is 0 Å². The van der Waals surface area contributed by atoms with Crippen molar-refractivity contribution >= 4 is 11.8 Å². The molecule has 1 aliphatic heterocycles. The minimum atomic E-state index is 0.391. The van der Waals surface area contributed by atoms with Crippen molar-refractivity contribution in [3.05, 3.63) is 0 Å². The van der Waals surface area contributed by atoms with E-state index in [9.17, 15) is 5.11 Å². The number of aliphatic hydroxyl groups excluding tert-OH is 1. The van der Waals surface area contributed by atoms with E-state index in [0.29, 0.717) is 12.5 Å². The first-order valence-corrected chi connectivity index (χ1v) is 7.30. The third-order valence-corrected chi connectivity index (χ3v) is 5.27. The third kappa shape index (κ3) is 3.11. The lowest BCUT2D eigenvalue weighted by Crippen LogP contribution is -2.35. The van der Waals surface area contributed by atoms with E-state index >= 15 is 0 Å². The molecule has 1 saturated carbocycles. The van der Waals surface area contributed by atoms with Gasteiger partial charge in [-0.05, 0) is 37.6 Å². The van der Waals surface area contributed by atoms with E-state index in [0.717, 1.165) is 23.8 Å². The molecular formula is C12H23NOS. The number of aliphatic hydroxyl groups is 1. The summed E-state index contributed by atoms with van der Waals surface area (Å²) < 4.78 is 0. The van der Waals surface area contributed by atoms with Gasteiger partial charge in [0.2, 0.25) is 0 Å². The van der Waals surface area contributed by atoms with Crippen LogP contribution in [-0.4, -0.2) is 35.3 Å². The van der Waals surface area contributed by atoms with Crippen molar-refractivity contribution in [1.82, 2.24) is 5.32 Å². The van der Waals surface area contributed by atoms with Gasteiger partial charge in [0.05, 0.1) is 0 Å². The summed E-state index contributed by atoms with van der Waals surface area (Å²) in [6.45, 7) is 3.84. The summed E-state index contributed by atoms with van der Waals surface area (Å²) in [4.78, 5) is 0. The van der Waals surface area contributed by atoms with Crippen molar-refractivity contribution in [3.8, 4) is 0 Å². The van der Waals surface area contributed by atoms with Gasteiger partial charge < -0.3 is 10.4 Å². The minimum Gasteiger partial charge on any atom is -0.396 e. The second-order valence-electron chi connectivity index (χ2n) is 5.12. The molecule has 1 aliphatic carbocycles. The van der Waals surface area contributed by atoms with Gasteiger partial charge in [-0.3, -0.25) is 0 Å². The predicted molar refractivity (Wildman–Crippen MR) is 66.2 cm³/mol. The molecule has 2 rings (SSSR count). The molecule has 3 heteroatoms. The van der Waals surface area contributed by atoms with Crippen molar-refractivity contribution < 1.29 is 5.11 Å². The maximum absolute atomic E-state index is 9.24. The number of hydrogen-bond acceptors (Lipinski definition) is 3. The van der Waals surface area contributed by atoms with Crippen molar-refractivity contribution in [2.24, 2.45) is 11.8 Å². The highest BCUT2D eigenvalue weighted by Gasteiger charge is 2.28. The zero-order valence-electron chi connectivity index (χ0n) is 9.61. The molecule has 0 spiro atoms. The summed E-state index contributed by atoms with van der Waals surface area (Å²) >= 11 is 2.08. The lowest BCUT2D eigenvalue weighted by molar-refractivity contribution is 0.190. The van der Waals surface area contributed by atoms with Gasteiger partial charge in [-0.25, -0.2) is 0 Å². The van der Waals surface area contributed by atoms with E-state index in [2.05, 4.69) is 24.0 Å². The summed E-state index contributed by atoms with van der Waals surface area (Å²) in [7, 11) is 0. The molecule has 1 heterocycles. The number of thioether (sulfide) groups is 1. The first-order valence-electron chi connectivity index (χ1n) is 6.25. The topological polar surface area (TPSA) is 32.3 Å². The van der Waals surface area contributed by atoms with Crippen LogP contribution in [0.3, 0.4) is 0 Å². The molecule has 0 radical (unpaired) electrons. The fourth-order valence-corrected chi connectivity index (χ4v) is 4.08. The molecule has 4 unspecified atom stereocenters. The van der Waals surface area contributed by atoms with E-state index in [-0.39, 0.29) is 0 Å². The predicted octanol–water partition coefficient (Wildman–Crippen LogP) is 1.88. The van der Waals surface area contributed by atoms with Crippen LogP contribution in [0, 0.1) is 11.8 Å². The van der Waals surface area contributed by atoms with Crippen molar-refractivity contribution in [1.29, 1.82) is 0 Å². The van der Waals surface area contributed by atoms with Crippen molar-refractivity contribution in [2.45, 2.75) is 43.9 Å². The van der Waals surface area contributed by atoms with Crippen LogP contribution in [0.2, 0.25) is 0 Å². The Hall–Kier alpha value is 0.270. The maximum Gasteiger partial charge on any atom is 0.0462 e. The fraction of sp³-hybridized carbons (Fsp3) is 1.00. The molecule has 2 fully saturated rings. The summed E-state index contributed by atoms with van der Waals surface area (Å²) in [5.74, 6) is 2.58. The monoisotopic (exact) mass is 229 g/mol. The smallest absolute Gasteiger partial charge is 0.0462 e. The minimum absolute atomic E-state index is 0.391. The van der Waals surface area contributed by atoms with Crippen molar-refractivity contribution in [2.75, 3.05) is 18.9 Å². The highest BCUT2D eigenvalue weighted by molar-refractivity contribution is 8.00. The highest BCUT2D eigenvalue weighted by atomic mass is 32.2. The maximum atomic E-state index is 9.24. The molecule has 0 aromatic heterocycles. The molecule has 2 N–H and O–H groups in total. The van der Waals surface area contributed by atoms with Crippen LogP contribution in [0.5, 0.6) is 0 Å². The van der Waals surface area contributed by atoms with Gasteiger partial charge in [0.15, 0.2) is 0 Å². The average Bonchev–Trinajstić information content (AvgIpc) is 2.83. The Balaban J connectivity index is 1.68. The quantitative estimate of drug-likeness (QED) is 0.772. The lowest BCUT2D eigenvalue weighted by Gasteiger charge is -2.20. The Morgan fingerprint density at radius 1 is 1.33 bits per heavy atom. The van der Waals surface area contributed by atoms with Gasteiger partial charge >= 0.3 is 0 Å². The lowest BCUT2D eigenvalue weighted by atomic mass is 9.96. The highest BCUT2D eigenvalue weighted by Crippen LogP contribution is 2.31. The molecule has 0 bridgehead atoms. The van der Waals surface area contributed by atoms with Gasteiger partial charge in [-0.1, -0.05) is 13.3 Å². The Kier molecular flexibility index (Phi) is 4.35. The van der Waals surface area contributed by atoms with Gasteiger partial charge in [0, 0.05) is 23.7 Å². The second-order valence-corrected chi connectivity index (χ2v) is 6.59. The first kappa shape index (κ1) is 11.7. The Morgan fingerprint density at radius 2 is 2.13 bits per heavy atom. The van der Waals surface area contributed by atoms with E-state index in [1.807, 2.05) is 0 Å². The zero-order chi connectivity index (χ0) is 10.7. The average molecular weight is 229 g/mol. The third-order valence-electron chi connectivity index (χ3n) is 3.92. The van der Waals surface area contributed by atoms with E-state index in [1.54, 1.807) is 0 Å². The van der Waals surface area contributed by atoms with E-state index < -0.39 is 0 Å². The van der Waals surface area contributed by atoms with Crippen LogP contribution < -0.4 is 5.32 Å². The Morgan fingerprint density at radius 3 is 2.80 bits per heavy atom. The second kappa shape index (κ2) is 5.55. The molecule has 4 atom stereocenters. The van der Waals surface area contributed by atoms with Gasteiger partial charge in [0.1, 0.15) is 0 Å². The van der Waals surface area contributed by atoms with Crippen molar-refractivity contribution in [3.63, 3.8) is 0 Å². The van der Waals surface area contributed by atoms with Gasteiger partial charge in [-0.15, -0.1) is 0 Å². The SMILES string of the molecule is CC1CC(NCC2CCCC2CO)CS1. The number of hydrogen-bond donors (Lipinski definition) is 2. The fourth-order valence-electron chi connectivity index (χ4n) is 2.90. The standard InChI is InChI=1S/C12H23NOS/c1-9-5-12(8-15-9)13-6-10-3-2-4-11(10)7-14/h9-14H,2-8H2,1H3. The first-order chi connectivity index (χ1) is 7.29. The molecule has 2 nitrogen and oxygen atoms in total. The largest absolute Gasteiger partial charge is 0.396 e. The molecule has 1 saturated heterocycles. The normalized spacial score (nSPS) is 41.2. The number of rotatable bonds is 4. The summed E-state index contributed by atoms with van der Waals surface area (Å²) in [5, 5.41) is 13.8. The molecule has 15 heavy (non-hydrogen) atoms. The Bertz CT molecular complexity index is 200. The van der Waals surface area contributed by atoms with Gasteiger partial charge in [0.25, 0.3) is 0 Å². The molecule has 88 valence electrons. The molecule has 2 aliphatic rings.